The van der Waals surface area contributed by atoms with E-state index < -0.39 is 12.1 Å². The lowest BCUT2D eigenvalue weighted by Crippen LogP contribution is -2.11. The van der Waals surface area contributed by atoms with Gasteiger partial charge in [0.25, 0.3) is 5.91 Å². The van der Waals surface area contributed by atoms with Crippen LogP contribution in [0.1, 0.15) is 16.2 Å². The van der Waals surface area contributed by atoms with E-state index in [4.69, 9.17) is 0 Å². The Morgan fingerprint density at radius 3 is 2.34 bits per heavy atom. The zero-order valence-corrected chi connectivity index (χ0v) is 14.6. The average molecular weight is 399 g/mol. The number of aromatic nitrogens is 4. The predicted molar refractivity (Wildman–Crippen MR) is 96.3 cm³/mol. The van der Waals surface area contributed by atoms with E-state index in [1.165, 1.54) is 24.3 Å². The van der Waals surface area contributed by atoms with Crippen molar-refractivity contribution in [1.29, 1.82) is 0 Å². The van der Waals surface area contributed by atoms with Crippen molar-refractivity contribution in [3.05, 3.63) is 78.7 Å². The quantitative estimate of drug-likeness (QED) is 0.556. The van der Waals surface area contributed by atoms with E-state index in [2.05, 4.69) is 25.0 Å². The van der Waals surface area contributed by atoms with Gasteiger partial charge < -0.3 is 14.4 Å². The number of rotatable bonds is 4. The number of nitrogens with one attached hydrogen (secondary N) is 1. The molecule has 0 spiro atoms. The second-order valence-electron chi connectivity index (χ2n) is 5.97. The zero-order chi connectivity index (χ0) is 20.4. The maximum absolute atomic E-state index is 12.5. The monoisotopic (exact) mass is 399 g/mol. The number of benzene rings is 2. The fourth-order valence-corrected chi connectivity index (χ4v) is 2.56. The van der Waals surface area contributed by atoms with Crippen LogP contribution in [0, 0.1) is 0 Å². The Labute approximate surface area is 161 Å². The SMILES string of the molecule is O=C(Nc1ccc(-c2noc(C(F)(F)F)n2)cc1)c1ccc(-n2ccnc2)cc1. The molecule has 4 aromatic rings. The summed E-state index contributed by atoms with van der Waals surface area (Å²) in [5.74, 6) is -1.93. The standard InChI is InChI=1S/C19H12F3N5O2/c20-19(21,22)18-25-16(26-29-18)12-1-5-14(6-2-12)24-17(28)13-3-7-15(8-4-13)27-10-9-23-11-27/h1-11H,(H,24,28). The van der Waals surface area contributed by atoms with Crippen LogP contribution in [0.5, 0.6) is 0 Å². The molecule has 29 heavy (non-hydrogen) atoms. The van der Waals surface area contributed by atoms with Gasteiger partial charge in [-0.2, -0.15) is 18.2 Å². The van der Waals surface area contributed by atoms with Gasteiger partial charge in [0, 0.05) is 34.9 Å². The first-order valence-corrected chi connectivity index (χ1v) is 8.31. The molecule has 1 N–H and O–H groups in total. The van der Waals surface area contributed by atoms with Crippen LogP contribution in [0.2, 0.25) is 0 Å². The zero-order valence-electron chi connectivity index (χ0n) is 14.6. The van der Waals surface area contributed by atoms with Gasteiger partial charge in [0.1, 0.15) is 0 Å². The molecule has 0 saturated heterocycles. The van der Waals surface area contributed by atoms with Crippen molar-refractivity contribution < 1.29 is 22.5 Å². The molecule has 1 amide bonds. The molecular weight excluding hydrogens is 387 g/mol. The maximum atomic E-state index is 12.5. The molecule has 7 nitrogen and oxygen atoms in total. The molecular formula is C19H12F3N5O2. The smallest absolute Gasteiger partial charge is 0.329 e. The first-order valence-electron chi connectivity index (χ1n) is 8.31. The minimum absolute atomic E-state index is 0.190. The number of anilines is 1. The van der Waals surface area contributed by atoms with E-state index in [-0.39, 0.29) is 11.7 Å². The minimum Gasteiger partial charge on any atom is -0.329 e. The van der Waals surface area contributed by atoms with Crippen LogP contribution in [0.15, 0.2) is 71.8 Å². The highest BCUT2D eigenvalue weighted by atomic mass is 19.4. The average Bonchev–Trinajstić information content (AvgIpc) is 3.41. The lowest BCUT2D eigenvalue weighted by Gasteiger charge is -2.07. The Morgan fingerprint density at radius 1 is 1.03 bits per heavy atom. The predicted octanol–water partition coefficient (Wildman–Crippen LogP) is 4.19. The van der Waals surface area contributed by atoms with Crippen LogP contribution in [-0.2, 0) is 6.18 Å². The van der Waals surface area contributed by atoms with Crippen LogP contribution >= 0.6 is 0 Å². The summed E-state index contributed by atoms with van der Waals surface area (Å²) in [5, 5.41) is 6.04. The number of carbonyl (C=O) groups is 1. The number of imidazole rings is 1. The lowest BCUT2D eigenvalue weighted by molar-refractivity contribution is -0.159. The Balaban J connectivity index is 1.44. The molecule has 0 bridgehead atoms. The molecule has 0 radical (unpaired) electrons. The fourth-order valence-electron chi connectivity index (χ4n) is 2.56. The molecule has 4 rings (SSSR count). The molecule has 0 aliphatic rings. The molecule has 0 fully saturated rings. The molecule has 0 aliphatic heterocycles. The van der Waals surface area contributed by atoms with Gasteiger partial charge in [0.15, 0.2) is 0 Å². The van der Waals surface area contributed by atoms with Gasteiger partial charge in [-0.05, 0) is 48.5 Å². The van der Waals surface area contributed by atoms with Crippen molar-refractivity contribution in [2.24, 2.45) is 0 Å². The third kappa shape index (κ3) is 4.00. The third-order valence-electron chi connectivity index (χ3n) is 4.00. The number of amides is 1. The summed E-state index contributed by atoms with van der Waals surface area (Å²) in [6.07, 6.45) is 0.394. The first-order chi connectivity index (χ1) is 13.9. The summed E-state index contributed by atoms with van der Waals surface area (Å²) in [6, 6.07) is 13.0. The van der Waals surface area contributed by atoms with Crippen molar-refractivity contribution in [3.8, 4) is 17.1 Å². The van der Waals surface area contributed by atoms with Crippen LogP contribution in [0.3, 0.4) is 0 Å². The summed E-state index contributed by atoms with van der Waals surface area (Å²) < 4.78 is 43.6. The second-order valence-corrected chi connectivity index (χ2v) is 5.97. The molecule has 2 aromatic carbocycles. The Hall–Kier alpha value is -3.95. The molecule has 0 saturated carbocycles. The fraction of sp³-hybridized carbons (Fsp3) is 0.0526. The van der Waals surface area contributed by atoms with E-state index in [0.29, 0.717) is 16.8 Å². The van der Waals surface area contributed by atoms with Crippen LogP contribution < -0.4 is 5.32 Å². The van der Waals surface area contributed by atoms with Gasteiger partial charge >= 0.3 is 12.1 Å². The topological polar surface area (TPSA) is 85.8 Å². The molecule has 10 heteroatoms. The van der Waals surface area contributed by atoms with Gasteiger partial charge in [0.05, 0.1) is 6.33 Å². The summed E-state index contributed by atoms with van der Waals surface area (Å²) in [7, 11) is 0. The Bertz CT molecular complexity index is 1120. The lowest BCUT2D eigenvalue weighted by atomic mass is 10.1. The second kappa shape index (κ2) is 7.23. The molecule has 2 heterocycles. The van der Waals surface area contributed by atoms with Crippen molar-refractivity contribution >= 4 is 11.6 Å². The normalized spacial score (nSPS) is 11.4. The highest BCUT2D eigenvalue weighted by molar-refractivity contribution is 6.04. The molecule has 0 unspecified atom stereocenters. The van der Waals surface area contributed by atoms with E-state index >= 15 is 0 Å². The molecule has 0 atom stereocenters. The van der Waals surface area contributed by atoms with E-state index in [1.54, 1.807) is 43.0 Å². The van der Waals surface area contributed by atoms with Crippen molar-refractivity contribution in [2.45, 2.75) is 6.18 Å². The van der Waals surface area contributed by atoms with Crippen molar-refractivity contribution in [2.75, 3.05) is 5.32 Å². The largest absolute Gasteiger partial charge is 0.471 e. The Kier molecular flexibility index (Phi) is 4.59. The number of alkyl halides is 3. The summed E-state index contributed by atoms with van der Waals surface area (Å²) in [5.41, 5.74) is 2.11. The summed E-state index contributed by atoms with van der Waals surface area (Å²) in [4.78, 5) is 19.7. The van der Waals surface area contributed by atoms with Crippen LogP contribution in [0.25, 0.3) is 17.1 Å². The maximum Gasteiger partial charge on any atom is 0.471 e. The Morgan fingerprint density at radius 2 is 1.76 bits per heavy atom. The van der Waals surface area contributed by atoms with Gasteiger partial charge in [-0.1, -0.05) is 5.16 Å². The first kappa shape index (κ1) is 18.4. The highest BCUT2D eigenvalue weighted by Gasteiger charge is 2.38. The van der Waals surface area contributed by atoms with Crippen LogP contribution in [-0.4, -0.2) is 25.6 Å². The molecule has 2 aromatic heterocycles. The van der Waals surface area contributed by atoms with Gasteiger partial charge in [-0.15, -0.1) is 0 Å². The van der Waals surface area contributed by atoms with E-state index in [1.807, 2.05) is 4.57 Å². The third-order valence-corrected chi connectivity index (χ3v) is 4.00. The number of nitrogens with zero attached hydrogens (tertiary/aromatic N) is 4. The molecule has 0 aliphatic carbocycles. The van der Waals surface area contributed by atoms with Gasteiger partial charge in [-0.25, -0.2) is 4.98 Å². The van der Waals surface area contributed by atoms with Crippen molar-refractivity contribution in [3.63, 3.8) is 0 Å². The van der Waals surface area contributed by atoms with Crippen LogP contribution in [0.4, 0.5) is 18.9 Å². The molecule has 146 valence electrons. The number of halogens is 3. The van der Waals surface area contributed by atoms with E-state index in [9.17, 15) is 18.0 Å². The van der Waals surface area contributed by atoms with Gasteiger partial charge in [-0.3, -0.25) is 4.79 Å². The summed E-state index contributed by atoms with van der Waals surface area (Å²) >= 11 is 0. The summed E-state index contributed by atoms with van der Waals surface area (Å²) in [6.45, 7) is 0. The minimum atomic E-state index is -4.70. The van der Waals surface area contributed by atoms with E-state index in [0.717, 1.165) is 5.69 Å². The number of hydrogen-bond acceptors (Lipinski definition) is 5. The number of carbonyl (C=O) groups excluding carboxylic acids is 1. The highest BCUT2D eigenvalue weighted by Crippen LogP contribution is 2.29. The van der Waals surface area contributed by atoms with Crippen molar-refractivity contribution in [1.82, 2.24) is 19.7 Å². The van der Waals surface area contributed by atoms with Gasteiger partial charge in [0.2, 0.25) is 5.82 Å². The number of hydrogen-bond donors (Lipinski definition) is 1.